The molecule has 0 saturated carbocycles. The molecule has 0 unspecified atom stereocenters. The summed E-state index contributed by atoms with van der Waals surface area (Å²) in [7, 11) is 0. The van der Waals surface area contributed by atoms with E-state index in [1.54, 1.807) is 6.92 Å². The van der Waals surface area contributed by atoms with Crippen LogP contribution in [0.2, 0.25) is 0 Å². The number of amides is 2. The predicted octanol–water partition coefficient (Wildman–Crippen LogP) is -6.50. The van der Waals surface area contributed by atoms with Crippen LogP contribution in [0.1, 0.15) is 27.6 Å². The van der Waals surface area contributed by atoms with Crippen molar-refractivity contribution in [2.45, 2.75) is 6.92 Å². The van der Waals surface area contributed by atoms with Crippen molar-refractivity contribution >= 4 is 45.9 Å². The quantitative estimate of drug-likeness (QED) is 0.0569. The van der Waals surface area contributed by atoms with Gasteiger partial charge < -0.3 is 20.8 Å². The van der Waals surface area contributed by atoms with Gasteiger partial charge in [-0.3, -0.25) is 71.7 Å². The number of nitrogens with zero attached hydrogens (tertiary/aromatic N) is 4. The molecule has 6 N–H and O–H groups in total. The number of nitro benzene ring substituents is 4. The molecule has 0 fully saturated rings. The number of benzene rings is 4. The second-order valence-corrected chi connectivity index (χ2v) is 8.89. The van der Waals surface area contributed by atoms with Gasteiger partial charge in [-0.05, 0) is 24.3 Å². The molecule has 0 atom stereocenters. The topological polar surface area (TPSA) is 351 Å². The number of anilines is 2. The van der Waals surface area contributed by atoms with Crippen molar-refractivity contribution in [2.75, 3.05) is 17.5 Å². The summed E-state index contributed by atoms with van der Waals surface area (Å²) in [5.41, 5.74) is 6.36. The molecule has 53 heavy (non-hydrogen) atoms. The van der Waals surface area contributed by atoms with Crippen LogP contribution >= 0.6 is 0 Å². The van der Waals surface area contributed by atoms with Gasteiger partial charge in [0, 0.05) is 17.7 Å². The Morgan fingerprint density at radius 1 is 0.623 bits per heavy atom. The molecule has 0 aliphatic rings. The van der Waals surface area contributed by atoms with Crippen LogP contribution in [-0.2, 0) is 0 Å². The Morgan fingerprint density at radius 2 is 0.981 bits per heavy atom. The normalized spacial score (nSPS) is 8.94. The first-order chi connectivity index (χ1) is 23.2. The molecule has 4 rings (SSSR count). The van der Waals surface area contributed by atoms with Crippen LogP contribution in [-0.4, -0.2) is 48.7 Å². The first-order valence-electron chi connectivity index (χ1n) is 13.3. The van der Waals surface area contributed by atoms with Gasteiger partial charge in [-0.1, -0.05) is 49.1 Å². The Labute approximate surface area is 364 Å². The Balaban J connectivity index is -0.000000820. The smallest absolute Gasteiger partial charge is 0.872 e. The molecule has 0 spiro atoms. The van der Waals surface area contributed by atoms with Gasteiger partial charge in [0.25, 0.3) is 23.2 Å². The summed E-state index contributed by atoms with van der Waals surface area (Å²) in [6.45, 7) is 1.57. The number of nitro groups is 4. The summed E-state index contributed by atoms with van der Waals surface area (Å²) >= 11 is 0. The van der Waals surface area contributed by atoms with E-state index in [0.29, 0.717) is 0 Å². The number of carbonyl (C=O) groups excluding carboxylic acids is 2. The maximum absolute atomic E-state index is 11.9. The molecular formula is C28H25N8Na3O14. The Morgan fingerprint density at radius 3 is 1.34 bits per heavy atom. The van der Waals surface area contributed by atoms with E-state index in [4.69, 9.17) is 5.11 Å². The minimum Gasteiger partial charge on any atom is -0.872 e. The third-order valence-electron chi connectivity index (χ3n) is 5.68. The zero-order chi connectivity index (χ0) is 36.7. The van der Waals surface area contributed by atoms with Gasteiger partial charge in [0.1, 0.15) is 17.1 Å². The van der Waals surface area contributed by atoms with Crippen LogP contribution in [0.5, 0.6) is 11.5 Å². The van der Waals surface area contributed by atoms with E-state index in [-0.39, 0.29) is 129 Å². The second kappa shape index (κ2) is 26.3. The van der Waals surface area contributed by atoms with Crippen LogP contribution in [0.25, 0.3) is 0 Å². The van der Waals surface area contributed by atoms with E-state index >= 15 is 0 Å². The van der Waals surface area contributed by atoms with Crippen molar-refractivity contribution in [2.24, 2.45) is 0 Å². The van der Waals surface area contributed by atoms with Gasteiger partial charge in [0.05, 0.1) is 37.4 Å². The van der Waals surface area contributed by atoms with Crippen molar-refractivity contribution in [1.82, 2.24) is 10.9 Å². The molecule has 0 aliphatic heterocycles. The average molecular weight is 767 g/mol. The fraction of sp³-hybridized carbons (Fsp3) is 0.0714. The van der Waals surface area contributed by atoms with Crippen molar-refractivity contribution in [3.63, 3.8) is 0 Å². The minimum atomic E-state index is -0.830. The van der Waals surface area contributed by atoms with Crippen molar-refractivity contribution in [3.05, 3.63) is 137 Å². The molecule has 25 heteroatoms. The third-order valence-corrected chi connectivity index (χ3v) is 5.68. The fourth-order valence-electron chi connectivity index (χ4n) is 3.48. The molecule has 4 aromatic rings. The van der Waals surface area contributed by atoms with Crippen molar-refractivity contribution in [1.29, 1.82) is 0 Å². The van der Waals surface area contributed by atoms with Crippen LogP contribution in [0.15, 0.2) is 84.9 Å². The maximum Gasteiger partial charge on any atom is 1.00 e. The zero-order valence-electron chi connectivity index (χ0n) is 28.4. The average Bonchev–Trinajstić information content (AvgIpc) is 3.06. The largest absolute Gasteiger partial charge is 1.00 e. The molecule has 264 valence electrons. The van der Waals surface area contributed by atoms with Gasteiger partial charge in [-0.15, -0.1) is 6.61 Å². The minimum absolute atomic E-state index is 0. The summed E-state index contributed by atoms with van der Waals surface area (Å²) in [6, 6.07) is 17.0. The number of phenolic OH excluding ortho intramolecular Hbond substituents is 1. The number of carbonyl (C=O) groups is 2. The number of phenols is 1. The van der Waals surface area contributed by atoms with Crippen LogP contribution < -0.4 is 121 Å². The molecule has 0 bridgehead atoms. The molecule has 0 aromatic heterocycles. The molecular weight excluding hydrogens is 741 g/mol. The van der Waals surface area contributed by atoms with E-state index in [0.717, 1.165) is 36.4 Å². The Kier molecular flexibility index (Phi) is 26.3. The molecule has 4 aromatic carbocycles. The molecule has 2 amide bonds. The maximum atomic E-state index is 11.9. The number of aromatic hydroxyl groups is 1. The molecule has 0 heterocycles. The number of rotatable bonds is 10. The van der Waals surface area contributed by atoms with Crippen molar-refractivity contribution < 1.29 is 139 Å². The van der Waals surface area contributed by atoms with Crippen LogP contribution in [0.4, 0.5) is 34.1 Å². The Hall–Kier alpha value is -4.46. The number of hydrogen-bond acceptors (Lipinski definition) is 16. The summed E-state index contributed by atoms with van der Waals surface area (Å²) in [6.07, 6.45) is 0. The molecule has 0 saturated heterocycles. The first kappa shape index (κ1) is 52.9. The number of non-ortho nitro benzene ring substituents is 2. The molecule has 0 radical (unpaired) electrons. The predicted molar refractivity (Wildman–Crippen MR) is 168 cm³/mol. The number of hydrogen-bond donors (Lipinski definition) is 5. The van der Waals surface area contributed by atoms with E-state index < -0.39 is 60.0 Å². The summed E-state index contributed by atoms with van der Waals surface area (Å²) < 4.78 is 0. The van der Waals surface area contributed by atoms with E-state index in [1.807, 2.05) is 0 Å². The summed E-state index contributed by atoms with van der Waals surface area (Å²) in [5, 5.41) is 73.1. The van der Waals surface area contributed by atoms with Gasteiger partial charge in [0.15, 0.2) is 0 Å². The van der Waals surface area contributed by atoms with E-state index in [1.165, 1.54) is 48.5 Å². The van der Waals surface area contributed by atoms with Gasteiger partial charge in [0.2, 0.25) is 0 Å². The fourth-order valence-corrected chi connectivity index (χ4v) is 3.48. The molecule has 22 nitrogen and oxygen atoms in total. The van der Waals surface area contributed by atoms with Crippen molar-refractivity contribution in [3.8, 4) is 11.5 Å². The zero-order valence-corrected chi connectivity index (χ0v) is 34.4. The summed E-state index contributed by atoms with van der Waals surface area (Å²) in [4.78, 5) is 63.7. The number of nitrogens with one attached hydrogen (secondary N) is 4. The van der Waals surface area contributed by atoms with Gasteiger partial charge >= 0.3 is 100 Å². The van der Waals surface area contributed by atoms with Gasteiger partial charge in [-0.2, -0.15) is 0 Å². The third kappa shape index (κ3) is 16.4. The Bertz CT molecular complexity index is 1760. The van der Waals surface area contributed by atoms with E-state index in [9.17, 15) is 60.3 Å². The SMILES string of the molecule is CC[O-].O=C(NNc1ccc([N+](=O)[O-])cc1[N+](=O)[O-])c1ccccc1O.O=C(NNc1ccc([N+](=O)[O-])cc1[N+](=O)[O-])c1ccccc1[O-].[Na+].[Na+].[Na+].[OH-]. The second-order valence-electron chi connectivity index (χ2n) is 8.89. The number of para-hydroxylation sites is 2. The standard InChI is InChI=1S/2C13H10N4O6.C2H5O.3Na.H2O/c2*18-12-4-2-1-3-9(12)13(19)15-14-10-6-5-8(16(20)21)7-11(10)17(22)23;1-2-3;;;;/h2*1-7,14,18H,(H,15,19);2H2,1H3;;;;1H2/q;;-1;3*+1;/p-2. The molecule has 0 aliphatic carbocycles. The summed E-state index contributed by atoms with van der Waals surface area (Å²) in [5.74, 6) is -2.28. The van der Waals surface area contributed by atoms with Gasteiger partial charge in [-0.25, -0.2) is 0 Å². The number of hydrazine groups is 2. The van der Waals surface area contributed by atoms with E-state index in [2.05, 4.69) is 21.7 Å². The monoisotopic (exact) mass is 766 g/mol. The first-order valence-corrected chi connectivity index (χ1v) is 13.3. The van der Waals surface area contributed by atoms with Crippen LogP contribution in [0.3, 0.4) is 0 Å². The van der Waals surface area contributed by atoms with Crippen LogP contribution in [0, 0.1) is 40.5 Å².